The molecular formula is C14H14N4O. The van der Waals surface area contributed by atoms with E-state index in [0.29, 0.717) is 12.4 Å². The number of aromatic amines is 1. The largest absolute Gasteiger partial charge is 0.387 e. The Labute approximate surface area is 110 Å². The van der Waals surface area contributed by atoms with E-state index in [2.05, 4.69) is 15.0 Å². The molecule has 0 saturated heterocycles. The minimum Gasteiger partial charge on any atom is -0.387 e. The van der Waals surface area contributed by atoms with Gasteiger partial charge in [0, 0.05) is 24.8 Å². The highest BCUT2D eigenvalue weighted by atomic mass is 16.3. The maximum absolute atomic E-state index is 10.2. The third-order valence-corrected chi connectivity index (χ3v) is 2.98. The van der Waals surface area contributed by atoms with E-state index in [0.717, 1.165) is 11.4 Å². The van der Waals surface area contributed by atoms with Crippen molar-refractivity contribution in [2.45, 2.75) is 12.6 Å². The fourth-order valence-electron chi connectivity index (χ4n) is 2.03. The van der Waals surface area contributed by atoms with E-state index in [1.807, 2.05) is 41.1 Å². The van der Waals surface area contributed by atoms with Crippen LogP contribution in [0.1, 0.15) is 11.7 Å². The topological polar surface area (TPSA) is 66.7 Å². The highest BCUT2D eigenvalue weighted by Crippen LogP contribution is 2.18. The van der Waals surface area contributed by atoms with Crippen LogP contribution in [0.15, 0.2) is 55.1 Å². The minimum atomic E-state index is -0.566. The first-order chi connectivity index (χ1) is 9.34. The molecule has 0 radical (unpaired) electrons. The zero-order valence-corrected chi connectivity index (χ0v) is 10.3. The van der Waals surface area contributed by atoms with Gasteiger partial charge in [-0.15, -0.1) is 0 Å². The fourth-order valence-corrected chi connectivity index (χ4v) is 2.03. The third-order valence-electron chi connectivity index (χ3n) is 2.98. The number of hydrogen-bond acceptors (Lipinski definition) is 3. The Morgan fingerprint density at radius 1 is 1.16 bits per heavy atom. The van der Waals surface area contributed by atoms with E-state index < -0.39 is 6.10 Å². The number of benzene rings is 1. The van der Waals surface area contributed by atoms with Crippen LogP contribution in [-0.2, 0) is 6.54 Å². The molecule has 2 aromatic heterocycles. The molecule has 19 heavy (non-hydrogen) atoms. The number of aliphatic hydroxyl groups is 1. The molecule has 0 bridgehead atoms. The van der Waals surface area contributed by atoms with Crippen molar-refractivity contribution in [2.75, 3.05) is 0 Å². The number of hydrogen-bond donors (Lipinski definition) is 2. The number of imidazole rings is 2. The Balaban J connectivity index is 1.83. The lowest BCUT2D eigenvalue weighted by molar-refractivity contribution is 0.157. The molecule has 96 valence electrons. The van der Waals surface area contributed by atoms with Gasteiger partial charge in [-0.2, -0.15) is 0 Å². The summed E-state index contributed by atoms with van der Waals surface area (Å²) in [6.45, 7) is 0.444. The van der Waals surface area contributed by atoms with Gasteiger partial charge in [0.25, 0.3) is 0 Å². The number of aliphatic hydroxyl groups excluding tert-OH is 1. The van der Waals surface area contributed by atoms with E-state index >= 15 is 0 Å². The molecule has 2 N–H and O–H groups in total. The first-order valence-electron chi connectivity index (χ1n) is 6.08. The maximum Gasteiger partial charge on any atom is 0.176 e. The summed E-state index contributed by atoms with van der Waals surface area (Å²) < 4.78 is 1.89. The normalized spacial score (nSPS) is 12.5. The number of rotatable bonds is 4. The predicted molar refractivity (Wildman–Crippen MR) is 71.2 cm³/mol. The summed E-state index contributed by atoms with van der Waals surface area (Å²) in [6.07, 6.45) is 6.41. The summed E-state index contributed by atoms with van der Waals surface area (Å²) in [5.74, 6) is 1.42. The van der Waals surface area contributed by atoms with Crippen LogP contribution in [0, 0.1) is 0 Å². The second-order valence-electron chi connectivity index (χ2n) is 4.27. The summed E-state index contributed by atoms with van der Waals surface area (Å²) in [4.78, 5) is 11.5. The zero-order valence-electron chi connectivity index (χ0n) is 10.3. The molecule has 0 fully saturated rings. The van der Waals surface area contributed by atoms with Crippen LogP contribution < -0.4 is 0 Å². The number of nitrogens with one attached hydrogen (secondary N) is 1. The van der Waals surface area contributed by atoms with Gasteiger partial charge in [-0.3, -0.25) is 0 Å². The molecule has 2 heterocycles. The monoisotopic (exact) mass is 254 g/mol. The third kappa shape index (κ3) is 2.41. The maximum atomic E-state index is 10.2. The van der Waals surface area contributed by atoms with E-state index in [4.69, 9.17) is 0 Å². The zero-order chi connectivity index (χ0) is 13.1. The smallest absolute Gasteiger partial charge is 0.176 e. The molecule has 3 aromatic rings. The Hall–Kier alpha value is -2.40. The van der Waals surface area contributed by atoms with Gasteiger partial charge in [0.15, 0.2) is 11.6 Å². The SMILES string of the molecule is OC(Cn1ccnc1-c1ncc[nH]1)c1ccccc1. The highest BCUT2D eigenvalue weighted by Gasteiger charge is 2.13. The van der Waals surface area contributed by atoms with Crippen molar-refractivity contribution in [1.82, 2.24) is 19.5 Å². The van der Waals surface area contributed by atoms with Crippen LogP contribution >= 0.6 is 0 Å². The van der Waals surface area contributed by atoms with Gasteiger partial charge in [0.2, 0.25) is 0 Å². The van der Waals surface area contributed by atoms with Crippen LogP contribution in [0.2, 0.25) is 0 Å². The molecule has 1 aromatic carbocycles. The summed E-state index contributed by atoms with van der Waals surface area (Å²) in [6, 6.07) is 9.59. The summed E-state index contributed by atoms with van der Waals surface area (Å²) in [5, 5.41) is 10.2. The van der Waals surface area contributed by atoms with Gasteiger partial charge < -0.3 is 14.7 Å². The summed E-state index contributed by atoms with van der Waals surface area (Å²) >= 11 is 0. The quantitative estimate of drug-likeness (QED) is 0.748. The molecule has 0 aliphatic heterocycles. The van der Waals surface area contributed by atoms with Crippen molar-refractivity contribution in [2.24, 2.45) is 0 Å². The van der Waals surface area contributed by atoms with Gasteiger partial charge in [-0.25, -0.2) is 9.97 Å². The first-order valence-corrected chi connectivity index (χ1v) is 6.08. The van der Waals surface area contributed by atoms with Crippen molar-refractivity contribution in [3.05, 3.63) is 60.7 Å². The lowest BCUT2D eigenvalue weighted by Crippen LogP contribution is -2.09. The molecule has 0 saturated carbocycles. The molecule has 0 aliphatic carbocycles. The van der Waals surface area contributed by atoms with Crippen molar-refractivity contribution < 1.29 is 5.11 Å². The summed E-state index contributed by atoms with van der Waals surface area (Å²) in [7, 11) is 0. The first kappa shape index (κ1) is 11.7. The number of aromatic nitrogens is 4. The molecular weight excluding hydrogens is 240 g/mol. The van der Waals surface area contributed by atoms with Crippen LogP contribution in [0.4, 0.5) is 0 Å². The lowest BCUT2D eigenvalue weighted by atomic mass is 10.1. The van der Waals surface area contributed by atoms with E-state index in [1.165, 1.54) is 0 Å². The average molecular weight is 254 g/mol. The highest BCUT2D eigenvalue weighted by molar-refractivity contribution is 5.43. The van der Waals surface area contributed by atoms with E-state index in [9.17, 15) is 5.11 Å². The number of nitrogens with zero attached hydrogens (tertiary/aromatic N) is 3. The van der Waals surface area contributed by atoms with Crippen LogP contribution in [0.3, 0.4) is 0 Å². The van der Waals surface area contributed by atoms with Gasteiger partial charge in [-0.05, 0) is 5.56 Å². The lowest BCUT2D eigenvalue weighted by Gasteiger charge is -2.13. The molecule has 0 aliphatic rings. The van der Waals surface area contributed by atoms with Crippen LogP contribution in [-0.4, -0.2) is 24.6 Å². The van der Waals surface area contributed by atoms with Gasteiger partial charge in [0.1, 0.15) is 0 Å². The summed E-state index contributed by atoms with van der Waals surface area (Å²) in [5.41, 5.74) is 0.890. The minimum absolute atomic E-state index is 0.444. The van der Waals surface area contributed by atoms with Crippen molar-refractivity contribution in [1.29, 1.82) is 0 Å². The second-order valence-corrected chi connectivity index (χ2v) is 4.27. The molecule has 3 rings (SSSR count). The predicted octanol–water partition coefficient (Wildman–Crippen LogP) is 2.01. The molecule has 5 heteroatoms. The Bertz CT molecular complexity index is 631. The fraction of sp³-hybridized carbons (Fsp3) is 0.143. The van der Waals surface area contributed by atoms with E-state index in [1.54, 1.807) is 18.6 Å². The molecule has 1 unspecified atom stereocenters. The van der Waals surface area contributed by atoms with Gasteiger partial charge in [-0.1, -0.05) is 30.3 Å². The van der Waals surface area contributed by atoms with Crippen molar-refractivity contribution in [3.63, 3.8) is 0 Å². The van der Waals surface area contributed by atoms with Gasteiger partial charge in [0.05, 0.1) is 12.6 Å². The second kappa shape index (κ2) is 5.07. The van der Waals surface area contributed by atoms with Gasteiger partial charge >= 0.3 is 0 Å². The Morgan fingerprint density at radius 2 is 2.00 bits per heavy atom. The molecule has 1 atom stereocenters. The van der Waals surface area contributed by atoms with E-state index in [-0.39, 0.29) is 0 Å². The van der Waals surface area contributed by atoms with Crippen LogP contribution in [0.25, 0.3) is 11.6 Å². The molecule has 0 amide bonds. The Morgan fingerprint density at radius 3 is 2.74 bits per heavy atom. The van der Waals surface area contributed by atoms with Crippen molar-refractivity contribution >= 4 is 0 Å². The number of H-pyrrole nitrogens is 1. The molecule has 0 spiro atoms. The van der Waals surface area contributed by atoms with Crippen LogP contribution in [0.5, 0.6) is 0 Å². The van der Waals surface area contributed by atoms with Crippen molar-refractivity contribution in [3.8, 4) is 11.6 Å². The molecule has 5 nitrogen and oxygen atoms in total. The standard InChI is InChI=1S/C14H14N4O/c19-12(11-4-2-1-3-5-11)10-18-9-8-17-14(18)13-15-6-7-16-13/h1-9,12,19H,10H2,(H,15,16). The Kier molecular flexibility index (Phi) is 3.12. The average Bonchev–Trinajstić information content (AvgIpc) is 3.10.